The molecule has 9 nitrogen and oxygen atoms in total. The van der Waals surface area contributed by atoms with E-state index < -0.39 is 11.8 Å². The van der Waals surface area contributed by atoms with E-state index in [4.69, 9.17) is 14.2 Å². The van der Waals surface area contributed by atoms with Gasteiger partial charge < -0.3 is 14.2 Å². The van der Waals surface area contributed by atoms with Gasteiger partial charge in [-0.2, -0.15) is 10.2 Å². The summed E-state index contributed by atoms with van der Waals surface area (Å²) in [5, 5.41) is 7.69. The van der Waals surface area contributed by atoms with Crippen LogP contribution >= 0.6 is 0 Å². The molecule has 134 valence electrons. The molecule has 0 bridgehead atoms. The number of hydrogen-bond donors (Lipinski definition) is 2. The van der Waals surface area contributed by atoms with Gasteiger partial charge in [-0.1, -0.05) is 0 Å². The Morgan fingerprint density at radius 3 is 2.56 bits per heavy atom. The van der Waals surface area contributed by atoms with Crippen molar-refractivity contribution in [2.75, 3.05) is 21.3 Å². The lowest BCUT2D eigenvalue weighted by atomic mass is 10.0. The Morgan fingerprint density at radius 1 is 1.28 bits per heavy atom. The van der Waals surface area contributed by atoms with Crippen LogP contribution in [0.1, 0.15) is 18.9 Å². The fourth-order valence-corrected chi connectivity index (χ4v) is 2.36. The highest BCUT2D eigenvalue weighted by molar-refractivity contribution is 6.09. The molecule has 0 aliphatic carbocycles. The van der Waals surface area contributed by atoms with E-state index in [9.17, 15) is 9.59 Å². The minimum Gasteiger partial charge on any atom is -0.493 e. The van der Waals surface area contributed by atoms with Gasteiger partial charge in [-0.15, -0.1) is 0 Å². The summed E-state index contributed by atoms with van der Waals surface area (Å²) in [5.41, 5.74) is 5.89. The molecule has 1 unspecified atom stereocenters. The van der Waals surface area contributed by atoms with Crippen LogP contribution in [0.5, 0.6) is 17.2 Å². The molecule has 0 saturated heterocycles. The van der Waals surface area contributed by atoms with E-state index in [0.717, 1.165) is 0 Å². The van der Waals surface area contributed by atoms with E-state index in [1.54, 1.807) is 19.1 Å². The average Bonchev–Trinajstić information content (AvgIpc) is 2.92. The van der Waals surface area contributed by atoms with Crippen molar-refractivity contribution in [3.05, 3.63) is 17.7 Å². The number of nitrogens with one attached hydrogen (secondary N) is 2. The van der Waals surface area contributed by atoms with Crippen molar-refractivity contribution in [3.8, 4) is 17.2 Å². The lowest BCUT2D eigenvalue weighted by molar-refractivity contribution is -0.127. The van der Waals surface area contributed by atoms with Crippen molar-refractivity contribution in [1.29, 1.82) is 0 Å². The van der Waals surface area contributed by atoms with Gasteiger partial charge in [0, 0.05) is 17.7 Å². The summed E-state index contributed by atoms with van der Waals surface area (Å²) in [6.45, 7) is 1.69. The van der Waals surface area contributed by atoms with Crippen LogP contribution in [0.3, 0.4) is 0 Å². The number of carbonyl (C=O) groups excluding carboxylic acids is 2. The van der Waals surface area contributed by atoms with Crippen LogP contribution in [-0.2, 0) is 9.59 Å². The molecular formula is C16H20N4O5. The van der Waals surface area contributed by atoms with Crippen molar-refractivity contribution in [3.63, 3.8) is 0 Å². The van der Waals surface area contributed by atoms with Crippen LogP contribution in [0.25, 0.3) is 0 Å². The predicted molar refractivity (Wildman–Crippen MR) is 91.2 cm³/mol. The number of nitrogens with zero attached hydrogens (tertiary/aromatic N) is 2. The Balaban J connectivity index is 2.05. The Hall–Kier alpha value is -3.10. The first-order valence-electron chi connectivity index (χ1n) is 7.46. The minimum atomic E-state index is -0.564. The Bertz CT molecular complexity index is 729. The summed E-state index contributed by atoms with van der Waals surface area (Å²) in [5.74, 6) is 0.117. The second kappa shape index (κ2) is 8.13. The number of methoxy groups -OCH3 is 3. The van der Waals surface area contributed by atoms with Crippen molar-refractivity contribution < 1.29 is 23.8 Å². The second-order valence-electron chi connectivity index (χ2n) is 5.20. The summed E-state index contributed by atoms with van der Waals surface area (Å²) < 4.78 is 15.8. The smallest absolute Gasteiger partial charge is 0.249 e. The molecule has 1 aromatic carbocycles. The summed E-state index contributed by atoms with van der Waals surface area (Å²) in [7, 11) is 4.52. The molecule has 0 spiro atoms. The van der Waals surface area contributed by atoms with Gasteiger partial charge >= 0.3 is 0 Å². The van der Waals surface area contributed by atoms with Gasteiger partial charge in [0.2, 0.25) is 17.6 Å². The maximum Gasteiger partial charge on any atom is 0.249 e. The Morgan fingerprint density at radius 2 is 2.00 bits per heavy atom. The molecule has 0 saturated carbocycles. The number of benzene rings is 1. The van der Waals surface area contributed by atoms with E-state index in [2.05, 4.69) is 21.1 Å². The summed E-state index contributed by atoms with van der Waals surface area (Å²) in [6, 6.07) is 3.42. The standard InChI is InChI=1S/C16H20N4O5/c1-9-11(16(22)20-18-9)7-13(21)19-17-8-10-5-6-12(23-2)15(25-4)14(10)24-3/h5-6,8,11H,7H2,1-4H3,(H,19,21)(H,20,22)/b17-8+. The molecule has 0 radical (unpaired) electrons. The Kier molecular flexibility index (Phi) is 5.93. The van der Waals surface area contributed by atoms with Crippen LogP contribution in [-0.4, -0.2) is 45.1 Å². The normalized spacial score (nSPS) is 16.4. The third-order valence-electron chi connectivity index (χ3n) is 3.68. The number of hydrazone groups is 2. The molecule has 25 heavy (non-hydrogen) atoms. The van der Waals surface area contributed by atoms with Crippen molar-refractivity contribution in [2.45, 2.75) is 13.3 Å². The van der Waals surface area contributed by atoms with Gasteiger partial charge in [0.15, 0.2) is 11.5 Å². The zero-order chi connectivity index (χ0) is 18.4. The van der Waals surface area contributed by atoms with E-state index in [0.29, 0.717) is 28.5 Å². The first-order chi connectivity index (χ1) is 12.0. The molecule has 1 atom stereocenters. The zero-order valence-corrected chi connectivity index (χ0v) is 14.5. The minimum absolute atomic E-state index is 0.0262. The van der Waals surface area contributed by atoms with E-state index in [-0.39, 0.29) is 12.3 Å². The van der Waals surface area contributed by atoms with E-state index in [1.807, 2.05) is 0 Å². The summed E-state index contributed by atoms with van der Waals surface area (Å²) >= 11 is 0. The largest absolute Gasteiger partial charge is 0.493 e. The number of amides is 2. The molecule has 2 rings (SSSR count). The number of ether oxygens (including phenoxy) is 3. The van der Waals surface area contributed by atoms with E-state index >= 15 is 0 Å². The maximum atomic E-state index is 11.9. The number of carbonyl (C=O) groups is 2. The zero-order valence-electron chi connectivity index (χ0n) is 14.5. The third kappa shape index (κ3) is 4.06. The van der Waals surface area contributed by atoms with Gasteiger partial charge in [0.1, 0.15) is 0 Å². The maximum absolute atomic E-state index is 11.9. The fraction of sp³-hybridized carbons (Fsp3) is 0.375. The molecule has 1 aromatic rings. The van der Waals surface area contributed by atoms with E-state index in [1.165, 1.54) is 27.5 Å². The molecule has 1 aliphatic heterocycles. The second-order valence-corrected chi connectivity index (χ2v) is 5.20. The molecule has 0 fully saturated rings. The van der Waals surface area contributed by atoms with Crippen LogP contribution in [0.15, 0.2) is 22.3 Å². The Labute approximate surface area is 145 Å². The van der Waals surface area contributed by atoms with Crippen LogP contribution in [0, 0.1) is 5.92 Å². The van der Waals surface area contributed by atoms with Gasteiger partial charge in [-0.25, -0.2) is 10.9 Å². The SMILES string of the molecule is COc1ccc(/C=N/NC(=O)CC2C(=O)NN=C2C)c(OC)c1OC. The predicted octanol–water partition coefficient (Wildman–Crippen LogP) is 0.674. The molecule has 1 aliphatic rings. The van der Waals surface area contributed by atoms with Crippen LogP contribution in [0.2, 0.25) is 0 Å². The van der Waals surface area contributed by atoms with Crippen LogP contribution < -0.4 is 25.1 Å². The van der Waals surface area contributed by atoms with Crippen molar-refractivity contribution in [1.82, 2.24) is 10.9 Å². The quantitative estimate of drug-likeness (QED) is 0.556. The molecule has 2 amide bonds. The van der Waals surface area contributed by atoms with Gasteiger partial charge in [-0.3, -0.25) is 9.59 Å². The molecule has 2 N–H and O–H groups in total. The first kappa shape index (κ1) is 18.2. The summed E-state index contributed by atoms with van der Waals surface area (Å²) in [6.07, 6.45) is 1.40. The van der Waals surface area contributed by atoms with Crippen molar-refractivity contribution in [2.24, 2.45) is 16.1 Å². The highest BCUT2D eigenvalue weighted by Crippen LogP contribution is 2.38. The lowest BCUT2D eigenvalue weighted by Gasteiger charge is -2.13. The van der Waals surface area contributed by atoms with Crippen LogP contribution in [0.4, 0.5) is 0 Å². The molecule has 1 heterocycles. The van der Waals surface area contributed by atoms with Gasteiger partial charge in [0.05, 0.1) is 33.5 Å². The molecule has 0 aromatic heterocycles. The van der Waals surface area contributed by atoms with Gasteiger partial charge in [-0.05, 0) is 19.1 Å². The highest BCUT2D eigenvalue weighted by Gasteiger charge is 2.29. The highest BCUT2D eigenvalue weighted by atomic mass is 16.5. The molecular weight excluding hydrogens is 328 g/mol. The topological polar surface area (TPSA) is 111 Å². The van der Waals surface area contributed by atoms with Crippen molar-refractivity contribution >= 4 is 23.7 Å². The third-order valence-corrected chi connectivity index (χ3v) is 3.68. The lowest BCUT2D eigenvalue weighted by Crippen LogP contribution is -2.29. The number of rotatable bonds is 7. The fourth-order valence-electron chi connectivity index (χ4n) is 2.36. The monoisotopic (exact) mass is 348 g/mol. The average molecular weight is 348 g/mol. The van der Waals surface area contributed by atoms with Gasteiger partial charge in [0.25, 0.3) is 0 Å². The first-order valence-corrected chi connectivity index (χ1v) is 7.46. The summed E-state index contributed by atoms with van der Waals surface area (Å²) in [4.78, 5) is 23.5. The molecule has 9 heteroatoms. The number of hydrogen-bond acceptors (Lipinski definition) is 7.